The Kier molecular flexibility index (Phi) is 5.89. The maximum absolute atomic E-state index is 14.2. The van der Waals surface area contributed by atoms with E-state index in [-0.39, 0.29) is 12.7 Å². The van der Waals surface area contributed by atoms with Gasteiger partial charge in [0.05, 0.1) is 11.3 Å². The highest BCUT2D eigenvalue weighted by Crippen LogP contribution is 2.34. The standard InChI is InChI=1S/C27H23N3O3/c31-27(23-14-7-8-15-24(23)30-17-9-16-28-30)29(18-21-10-3-1-4-11-21)26(25-19-32-20-33-25)22-12-5-2-6-13-22/h1-17,19,26H,18,20H2. The van der Waals surface area contributed by atoms with E-state index < -0.39 is 6.04 Å². The Labute approximate surface area is 192 Å². The van der Waals surface area contributed by atoms with Gasteiger partial charge in [0, 0.05) is 18.9 Å². The molecule has 0 radical (unpaired) electrons. The second-order valence-corrected chi connectivity index (χ2v) is 7.65. The van der Waals surface area contributed by atoms with Crippen LogP contribution in [0.15, 0.2) is 115 Å². The zero-order chi connectivity index (χ0) is 22.5. The molecule has 1 aliphatic rings. The van der Waals surface area contributed by atoms with Gasteiger partial charge in [0.25, 0.3) is 5.91 Å². The summed E-state index contributed by atoms with van der Waals surface area (Å²) in [5.74, 6) is 0.470. The van der Waals surface area contributed by atoms with Crippen LogP contribution < -0.4 is 0 Å². The molecule has 164 valence electrons. The predicted molar refractivity (Wildman–Crippen MR) is 124 cm³/mol. The number of carbonyl (C=O) groups is 1. The number of hydrogen-bond donors (Lipinski definition) is 0. The van der Waals surface area contributed by atoms with Crippen LogP contribution in [-0.2, 0) is 16.0 Å². The van der Waals surface area contributed by atoms with Gasteiger partial charge in [-0.1, -0.05) is 72.8 Å². The van der Waals surface area contributed by atoms with E-state index in [0.29, 0.717) is 17.9 Å². The van der Waals surface area contributed by atoms with Crippen LogP contribution in [-0.4, -0.2) is 27.4 Å². The molecule has 0 spiro atoms. The van der Waals surface area contributed by atoms with Crippen molar-refractivity contribution in [2.24, 2.45) is 0 Å². The number of para-hydroxylation sites is 1. The van der Waals surface area contributed by atoms with Crippen molar-refractivity contribution < 1.29 is 14.3 Å². The second-order valence-electron chi connectivity index (χ2n) is 7.65. The van der Waals surface area contributed by atoms with Crippen LogP contribution in [0.2, 0.25) is 0 Å². The number of benzene rings is 3. The van der Waals surface area contributed by atoms with Crippen LogP contribution in [0.4, 0.5) is 0 Å². The smallest absolute Gasteiger partial charge is 0.257 e. The SMILES string of the molecule is O=C(c1ccccc1-n1cccn1)N(Cc1ccccc1)C(C1=COCO1)c1ccccc1. The normalized spacial score (nSPS) is 13.5. The van der Waals surface area contributed by atoms with Gasteiger partial charge in [0.2, 0.25) is 6.79 Å². The summed E-state index contributed by atoms with van der Waals surface area (Å²) >= 11 is 0. The third-order valence-corrected chi connectivity index (χ3v) is 5.53. The van der Waals surface area contributed by atoms with Gasteiger partial charge in [-0.05, 0) is 29.3 Å². The van der Waals surface area contributed by atoms with Gasteiger partial charge in [-0.3, -0.25) is 4.79 Å². The second kappa shape index (κ2) is 9.44. The van der Waals surface area contributed by atoms with Crippen LogP contribution in [0.5, 0.6) is 0 Å². The van der Waals surface area contributed by atoms with Gasteiger partial charge in [-0.15, -0.1) is 0 Å². The summed E-state index contributed by atoms with van der Waals surface area (Å²) in [6.07, 6.45) is 5.13. The monoisotopic (exact) mass is 437 g/mol. The Morgan fingerprint density at radius 2 is 1.67 bits per heavy atom. The van der Waals surface area contributed by atoms with Crippen molar-refractivity contribution >= 4 is 5.91 Å². The van der Waals surface area contributed by atoms with Gasteiger partial charge >= 0.3 is 0 Å². The van der Waals surface area contributed by atoms with E-state index in [9.17, 15) is 4.79 Å². The Morgan fingerprint density at radius 1 is 0.939 bits per heavy atom. The first kappa shape index (κ1) is 20.6. The molecule has 0 N–H and O–H groups in total. The van der Waals surface area contributed by atoms with Crippen molar-refractivity contribution in [2.45, 2.75) is 12.6 Å². The average Bonchev–Trinajstić information content (AvgIpc) is 3.60. The minimum Gasteiger partial charge on any atom is -0.462 e. The van der Waals surface area contributed by atoms with Gasteiger partial charge in [0.15, 0.2) is 5.76 Å². The lowest BCUT2D eigenvalue weighted by Crippen LogP contribution is -2.36. The van der Waals surface area contributed by atoms with Gasteiger partial charge in [-0.2, -0.15) is 5.10 Å². The average molecular weight is 437 g/mol. The quantitative estimate of drug-likeness (QED) is 0.404. The highest BCUT2D eigenvalue weighted by molar-refractivity contribution is 5.98. The molecule has 0 saturated carbocycles. The molecule has 0 saturated heterocycles. The number of rotatable bonds is 7. The first-order chi connectivity index (χ1) is 16.3. The fourth-order valence-electron chi connectivity index (χ4n) is 4.01. The molecular formula is C27H23N3O3. The van der Waals surface area contributed by atoms with Crippen molar-refractivity contribution in [1.29, 1.82) is 0 Å². The maximum atomic E-state index is 14.2. The lowest BCUT2D eigenvalue weighted by Gasteiger charge is -2.32. The molecule has 6 nitrogen and oxygen atoms in total. The van der Waals surface area contributed by atoms with Crippen LogP contribution in [0.1, 0.15) is 27.5 Å². The summed E-state index contributed by atoms with van der Waals surface area (Å²) in [6, 6.07) is 28.7. The summed E-state index contributed by atoms with van der Waals surface area (Å²) in [6.45, 7) is 0.531. The van der Waals surface area contributed by atoms with Crippen molar-refractivity contribution in [3.05, 3.63) is 132 Å². The number of nitrogens with zero attached hydrogens (tertiary/aromatic N) is 3. The van der Waals surface area contributed by atoms with Crippen LogP contribution >= 0.6 is 0 Å². The maximum Gasteiger partial charge on any atom is 0.257 e. The van der Waals surface area contributed by atoms with E-state index >= 15 is 0 Å². The Bertz CT molecular complexity index is 1240. The summed E-state index contributed by atoms with van der Waals surface area (Å²) in [5, 5.41) is 4.34. The molecule has 1 amide bonds. The summed E-state index contributed by atoms with van der Waals surface area (Å²) in [5.41, 5.74) is 3.23. The predicted octanol–water partition coefficient (Wildman–Crippen LogP) is 5.10. The van der Waals surface area contributed by atoms with E-state index in [1.807, 2.05) is 102 Å². The highest BCUT2D eigenvalue weighted by Gasteiger charge is 2.33. The third-order valence-electron chi connectivity index (χ3n) is 5.53. The lowest BCUT2D eigenvalue weighted by molar-refractivity contribution is 0.0469. The molecule has 0 fully saturated rings. The van der Waals surface area contributed by atoms with E-state index in [4.69, 9.17) is 9.47 Å². The van der Waals surface area contributed by atoms with E-state index in [1.54, 1.807) is 17.1 Å². The lowest BCUT2D eigenvalue weighted by atomic mass is 10.0. The number of ether oxygens (including phenoxy) is 2. The molecule has 1 atom stereocenters. The Hall–Kier alpha value is -4.32. The topological polar surface area (TPSA) is 56.6 Å². The molecule has 5 rings (SSSR count). The summed E-state index contributed by atoms with van der Waals surface area (Å²) in [7, 11) is 0. The fourth-order valence-corrected chi connectivity index (χ4v) is 4.01. The van der Waals surface area contributed by atoms with Crippen LogP contribution in [0.3, 0.4) is 0 Å². The number of amides is 1. The minimum atomic E-state index is -0.452. The molecule has 1 unspecified atom stereocenters. The highest BCUT2D eigenvalue weighted by atomic mass is 16.7. The Balaban J connectivity index is 1.63. The van der Waals surface area contributed by atoms with Crippen LogP contribution in [0.25, 0.3) is 5.69 Å². The van der Waals surface area contributed by atoms with Gasteiger partial charge < -0.3 is 14.4 Å². The van der Waals surface area contributed by atoms with Crippen molar-refractivity contribution in [1.82, 2.24) is 14.7 Å². The van der Waals surface area contributed by atoms with E-state index in [1.165, 1.54) is 0 Å². The molecule has 2 heterocycles. The molecule has 0 aliphatic carbocycles. The number of carbonyl (C=O) groups excluding carboxylic acids is 1. The van der Waals surface area contributed by atoms with Crippen molar-refractivity contribution in [3.8, 4) is 5.69 Å². The molecule has 3 aromatic carbocycles. The molecule has 1 aromatic heterocycles. The number of hydrogen-bond acceptors (Lipinski definition) is 4. The summed E-state index contributed by atoms with van der Waals surface area (Å²) in [4.78, 5) is 16.0. The largest absolute Gasteiger partial charge is 0.462 e. The number of aromatic nitrogens is 2. The van der Waals surface area contributed by atoms with Crippen molar-refractivity contribution in [2.75, 3.05) is 6.79 Å². The molecule has 1 aliphatic heterocycles. The van der Waals surface area contributed by atoms with Crippen LogP contribution in [0, 0.1) is 0 Å². The zero-order valence-electron chi connectivity index (χ0n) is 18.0. The minimum absolute atomic E-state index is 0.129. The fraction of sp³-hybridized carbons (Fsp3) is 0.111. The van der Waals surface area contributed by atoms with E-state index in [2.05, 4.69) is 5.10 Å². The molecule has 4 aromatic rings. The Morgan fingerprint density at radius 3 is 2.36 bits per heavy atom. The van der Waals surface area contributed by atoms with Gasteiger partial charge in [0.1, 0.15) is 12.3 Å². The third kappa shape index (κ3) is 4.36. The molecule has 0 bridgehead atoms. The molecular weight excluding hydrogens is 414 g/mol. The first-order valence-electron chi connectivity index (χ1n) is 10.7. The molecule has 33 heavy (non-hydrogen) atoms. The van der Waals surface area contributed by atoms with Crippen molar-refractivity contribution in [3.63, 3.8) is 0 Å². The first-order valence-corrected chi connectivity index (χ1v) is 10.7. The zero-order valence-corrected chi connectivity index (χ0v) is 18.0. The van der Waals surface area contributed by atoms with Gasteiger partial charge in [-0.25, -0.2) is 4.68 Å². The van der Waals surface area contributed by atoms with E-state index in [0.717, 1.165) is 16.8 Å². The summed E-state index contributed by atoms with van der Waals surface area (Å²) < 4.78 is 12.9. The molecule has 6 heteroatoms.